The van der Waals surface area contributed by atoms with Gasteiger partial charge in [0.25, 0.3) is 0 Å². The Morgan fingerprint density at radius 1 is 0.696 bits per heavy atom. The molecule has 6 unspecified atom stereocenters. The third-order valence-electron chi connectivity index (χ3n) is 15.2. The van der Waals surface area contributed by atoms with Crippen molar-refractivity contribution in [3.8, 4) is 11.5 Å². The Kier molecular flexibility index (Phi) is 9.03. The summed E-state index contributed by atoms with van der Waals surface area (Å²) in [6, 6.07) is 12.9. The summed E-state index contributed by atoms with van der Waals surface area (Å²) < 4.78 is 13.5. The molecule has 2 aromatic rings. The Bertz CT molecular complexity index is 2180. The number of aliphatic hydroxyl groups excluding tert-OH is 2. The molecule has 2 heterocycles. The first-order valence-corrected chi connectivity index (χ1v) is 21.4. The third-order valence-corrected chi connectivity index (χ3v) is 15.2. The molecular formula is C50H60N2O4. The highest BCUT2D eigenvalue weighted by Crippen LogP contribution is 2.60. The van der Waals surface area contributed by atoms with Crippen molar-refractivity contribution in [3.05, 3.63) is 118 Å². The summed E-state index contributed by atoms with van der Waals surface area (Å²) in [7, 11) is 0. The van der Waals surface area contributed by atoms with Gasteiger partial charge < -0.3 is 29.5 Å². The number of hydrogen-bond donors (Lipinski definition) is 2. The van der Waals surface area contributed by atoms with Crippen molar-refractivity contribution in [2.45, 2.75) is 87.2 Å². The lowest BCUT2D eigenvalue weighted by Gasteiger charge is -2.55. The summed E-state index contributed by atoms with van der Waals surface area (Å²) in [5.74, 6) is 5.55. The minimum absolute atomic E-state index is 0.211. The number of benzene rings is 2. The molecule has 0 spiro atoms. The van der Waals surface area contributed by atoms with E-state index in [1.165, 1.54) is 24.0 Å². The molecule has 2 fully saturated rings. The van der Waals surface area contributed by atoms with Crippen LogP contribution >= 0.6 is 0 Å². The molecule has 9 aliphatic rings. The normalized spacial score (nSPS) is 30.2. The predicted molar refractivity (Wildman–Crippen MR) is 229 cm³/mol. The van der Waals surface area contributed by atoms with Crippen LogP contribution in [0.3, 0.4) is 0 Å². The van der Waals surface area contributed by atoms with Crippen molar-refractivity contribution in [2.24, 2.45) is 40.4 Å². The maximum Gasteiger partial charge on any atom is 0.137 e. The minimum Gasteiger partial charge on any atom is -0.511 e. The van der Waals surface area contributed by atoms with E-state index in [4.69, 9.17) is 9.47 Å². The summed E-state index contributed by atoms with van der Waals surface area (Å²) >= 11 is 0. The first-order valence-electron chi connectivity index (χ1n) is 21.4. The molecule has 56 heavy (non-hydrogen) atoms. The number of rotatable bonds is 10. The minimum atomic E-state index is -0.851. The largest absolute Gasteiger partial charge is 0.511 e. The molecule has 6 heteroatoms. The highest BCUT2D eigenvalue weighted by atomic mass is 16.5. The van der Waals surface area contributed by atoms with Gasteiger partial charge in [-0.3, -0.25) is 0 Å². The van der Waals surface area contributed by atoms with Crippen molar-refractivity contribution < 1.29 is 19.7 Å². The van der Waals surface area contributed by atoms with Gasteiger partial charge in [-0.2, -0.15) is 0 Å². The van der Waals surface area contributed by atoms with Crippen LogP contribution in [0.1, 0.15) is 92.2 Å². The highest BCUT2D eigenvalue weighted by Gasteiger charge is 2.51. The molecule has 0 amide bonds. The summed E-state index contributed by atoms with van der Waals surface area (Å²) in [4.78, 5) is 4.66. The fraction of sp³-hybridized carbons (Fsp3) is 0.480. The van der Waals surface area contributed by atoms with E-state index < -0.39 is 12.0 Å². The third kappa shape index (κ3) is 5.84. The second kappa shape index (κ2) is 13.6. The fourth-order valence-corrected chi connectivity index (χ4v) is 10.7. The molecular weight excluding hydrogens is 693 g/mol. The Labute approximate surface area is 334 Å². The summed E-state index contributed by atoms with van der Waals surface area (Å²) in [5.41, 5.74) is 9.91. The van der Waals surface area contributed by atoms with E-state index in [0.717, 1.165) is 95.7 Å². The number of nitrogens with zero attached hydrogens (tertiary/aromatic N) is 2. The van der Waals surface area contributed by atoms with Crippen LogP contribution in [0.5, 0.6) is 11.5 Å². The summed E-state index contributed by atoms with van der Waals surface area (Å²) in [5, 5.41) is 23.6. The quantitative estimate of drug-likeness (QED) is 0.252. The van der Waals surface area contributed by atoms with Gasteiger partial charge in [-0.15, -0.1) is 0 Å². The van der Waals surface area contributed by atoms with Crippen LogP contribution in [0, 0.1) is 40.4 Å². The van der Waals surface area contributed by atoms with Crippen LogP contribution in [-0.2, 0) is 0 Å². The lowest BCUT2D eigenvalue weighted by molar-refractivity contribution is -0.00122. The molecule has 0 aromatic heterocycles. The van der Waals surface area contributed by atoms with Gasteiger partial charge in [-0.1, -0.05) is 45.9 Å². The van der Waals surface area contributed by atoms with E-state index in [0.29, 0.717) is 40.1 Å². The van der Waals surface area contributed by atoms with Crippen molar-refractivity contribution in [1.82, 2.24) is 0 Å². The van der Waals surface area contributed by atoms with Gasteiger partial charge in [-0.25, -0.2) is 0 Å². The van der Waals surface area contributed by atoms with Gasteiger partial charge in [0, 0.05) is 66.4 Å². The smallest absolute Gasteiger partial charge is 0.137 e. The molecule has 0 radical (unpaired) electrons. The van der Waals surface area contributed by atoms with Gasteiger partial charge in [-0.05, 0) is 153 Å². The lowest BCUT2D eigenvalue weighted by Crippen LogP contribution is -2.47. The van der Waals surface area contributed by atoms with Gasteiger partial charge >= 0.3 is 0 Å². The predicted octanol–water partition coefficient (Wildman–Crippen LogP) is 11.2. The Balaban J connectivity index is 1.09. The standard InChI is InChI=1S/C50H60N2O4/c1-9-51(10-2)37-13-15-39-29(23-43(55-45(39)27-37)31-17-33-25-34(18-31)49(33,5)6)21-41-47(53)42(48(41)54)22-30-24-44(32-19-35-26-36(20-32)50(35,7)8)56-46-28-38(14-16-40(30)46)52(11-3)12-4/h13-17,19,21-24,27-28,33-36,41,47,53-54H,9-12,18,20,25-26H2,1-8H3/b29-21+,30-22+. The molecule has 7 aliphatic carbocycles. The monoisotopic (exact) mass is 752 g/mol. The summed E-state index contributed by atoms with van der Waals surface area (Å²) in [6.07, 6.45) is 16.8. The number of aliphatic hydroxyl groups is 2. The SMILES string of the molecule is CCN(CC)c1ccc2c(c1)OC(C1=CC3CC(C1)C3(C)C)=C/C2=C\C1=C(O)C(/C=C2\C=C(C3=CC4CC(C3)C4(C)C)Oc3cc(N(CC)CC)ccc32)C1O. The molecule has 294 valence electrons. The molecule has 2 aliphatic heterocycles. The molecule has 6 nitrogen and oxygen atoms in total. The van der Waals surface area contributed by atoms with Gasteiger partial charge in [0.15, 0.2) is 0 Å². The van der Waals surface area contributed by atoms with Crippen molar-refractivity contribution >= 4 is 22.5 Å². The lowest BCUT2D eigenvalue weighted by atomic mass is 9.50. The molecule has 2 aromatic carbocycles. The van der Waals surface area contributed by atoms with Crippen molar-refractivity contribution in [3.63, 3.8) is 0 Å². The number of anilines is 2. The molecule has 6 atom stereocenters. The first kappa shape index (κ1) is 37.2. The van der Waals surface area contributed by atoms with E-state index >= 15 is 0 Å². The average Bonchev–Trinajstić information content (AvgIpc) is 3.22. The number of fused-ring (bicyclic) bond motifs is 4. The van der Waals surface area contributed by atoms with E-state index in [1.807, 2.05) is 12.2 Å². The second-order valence-electron chi connectivity index (χ2n) is 18.5. The Morgan fingerprint density at radius 2 is 1.16 bits per heavy atom. The van der Waals surface area contributed by atoms with Gasteiger partial charge in [0.2, 0.25) is 0 Å². The van der Waals surface area contributed by atoms with E-state index in [2.05, 4.69) is 126 Å². The zero-order chi connectivity index (χ0) is 39.3. The Hall–Kier alpha value is -4.42. The average molecular weight is 753 g/mol. The number of allylic oxidation sites excluding steroid dienone is 8. The number of ether oxygens (including phenoxy) is 2. The topological polar surface area (TPSA) is 65.4 Å². The molecule has 2 N–H and O–H groups in total. The fourth-order valence-electron chi connectivity index (χ4n) is 10.7. The van der Waals surface area contributed by atoms with Gasteiger partial charge in [0.05, 0.1) is 12.0 Å². The van der Waals surface area contributed by atoms with Crippen molar-refractivity contribution in [1.29, 1.82) is 0 Å². The maximum atomic E-state index is 11.8. The van der Waals surface area contributed by atoms with Gasteiger partial charge in [0.1, 0.15) is 28.8 Å². The van der Waals surface area contributed by atoms with Crippen LogP contribution in [0.2, 0.25) is 0 Å². The Morgan fingerprint density at radius 3 is 1.57 bits per heavy atom. The van der Waals surface area contributed by atoms with E-state index in [9.17, 15) is 10.2 Å². The van der Waals surface area contributed by atoms with Crippen molar-refractivity contribution in [2.75, 3.05) is 36.0 Å². The molecule has 0 saturated heterocycles. The maximum absolute atomic E-state index is 11.8. The van der Waals surface area contributed by atoms with Crippen LogP contribution in [-0.4, -0.2) is 42.5 Å². The highest BCUT2D eigenvalue weighted by molar-refractivity contribution is 5.86. The van der Waals surface area contributed by atoms with Crippen LogP contribution in [0.25, 0.3) is 11.1 Å². The first-order chi connectivity index (χ1) is 26.8. The zero-order valence-corrected chi connectivity index (χ0v) is 34.7. The van der Waals surface area contributed by atoms with E-state index in [1.54, 1.807) is 0 Å². The van der Waals surface area contributed by atoms with Crippen LogP contribution < -0.4 is 19.3 Å². The van der Waals surface area contributed by atoms with Crippen LogP contribution in [0.15, 0.2) is 107 Å². The second-order valence-corrected chi connectivity index (χ2v) is 18.5. The molecule has 4 bridgehead atoms. The molecule has 2 saturated carbocycles. The molecule has 11 rings (SSSR count). The van der Waals surface area contributed by atoms with Crippen LogP contribution in [0.4, 0.5) is 11.4 Å². The zero-order valence-electron chi connectivity index (χ0n) is 34.7. The summed E-state index contributed by atoms with van der Waals surface area (Å²) in [6.45, 7) is 21.9. The number of hydrogen-bond acceptors (Lipinski definition) is 6. The van der Waals surface area contributed by atoms with E-state index in [-0.39, 0.29) is 5.76 Å².